The van der Waals surface area contributed by atoms with Gasteiger partial charge >= 0.3 is 0 Å². The highest BCUT2D eigenvalue weighted by atomic mass is 14.5. The van der Waals surface area contributed by atoms with Crippen molar-refractivity contribution in [3.8, 4) is 11.1 Å². The van der Waals surface area contributed by atoms with Crippen molar-refractivity contribution in [1.29, 1.82) is 0 Å². The number of aryl methyl sites for hydroxylation is 2. The topological polar surface area (TPSA) is 0 Å². The second kappa shape index (κ2) is 10.4. The van der Waals surface area contributed by atoms with E-state index in [9.17, 15) is 0 Å². The van der Waals surface area contributed by atoms with Gasteiger partial charge < -0.3 is 0 Å². The zero-order chi connectivity index (χ0) is 27.8. The lowest BCUT2D eigenvalue weighted by Gasteiger charge is -2.34. The van der Waals surface area contributed by atoms with Crippen LogP contribution < -0.4 is 0 Å². The molecule has 6 aromatic carbocycles. The van der Waals surface area contributed by atoms with Crippen molar-refractivity contribution in [3.05, 3.63) is 201 Å². The summed E-state index contributed by atoms with van der Waals surface area (Å²) < 4.78 is 0. The molecule has 0 saturated heterocycles. The largest absolute Gasteiger partial charge is 0.0713 e. The molecule has 0 saturated carbocycles. The summed E-state index contributed by atoms with van der Waals surface area (Å²) in [5, 5.41) is 0. The fourth-order valence-corrected chi connectivity index (χ4v) is 7.15. The van der Waals surface area contributed by atoms with Gasteiger partial charge in [-0.3, -0.25) is 0 Å². The predicted molar refractivity (Wildman–Crippen MR) is 172 cm³/mol. The molecule has 0 aliphatic heterocycles. The van der Waals surface area contributed by atoms with Gasteiger partial charge in [-0.1, -0.05) is 157 Å². The van der Waals surface area contributed by atoms with Gasteiger partial charge in [0.25, 0.3) is 0 Å². The van der Waals surface area contributed by atoms with Crippen molar-refractivity contribution in [2.75, 3.05) is 0 Å². The molecular formula is C41H34. The lowest BCUT2D eigenvalue weighted by molar-refractivity contribution is 0.767. The molecule has 0 N–H and O–H groups in total. The van der Waals surface area contributed by atoms with Crippen LogP contribution in [0.15, 0.2) is 146 Å². The first kappa shape index (κ1) is 25.3. The molecule has 7 rings (SSSR count). The summed E-state index contributed by atoms with van der Waals surface area (Å²) in [5.41, 5.74) is 15.8. The van der Waals surface area contributed by atoms with E-state index < -0.39 is 0 Å². The van der Waals surface area contributed by atoms with Crippen molar-refractivity contribution in [2.45, 2.75) is 32.1 Å². The van der Waals surface area contributed by atoms with E-state index in [1.54, 1.807) is 0 Å². The lowest BCUT2D eigenvalue weighted by Crippen LogP contribution is -2.28. The molecule has 0 radical (unpaired) electrons. The van der Waals surface area contributed by atoms with E-state index in [1.807, 2.05) is 0 Å². The van der Waals surface area contributed by atoms with E-state index >= 15 is 0 Å². The summed E-state index contributed by atoms with van der Waals surface area (Å²) in [5.74, 6) is 0. The average Bonchev–Trinajstić information content (AvgIpc) is 3.29. The van der Waals surface area contributed by atoms with Gasteiger partial charge in [-0.15, -0.1) is 0 Å². The maximum Gasteiger partial charge on any atom is 0.0713 e. The highest BCUT2D eigenvalue weighted by Crippen LogP contribution is 2.57. The van der Waals surface area contributed by atoms with Crippen molar-refractivity contribution in [1.82, 2.24) is 0 Å². The smallest absolute Gasteiger partial charge is 0.0622 e. The molecule has 0 aromatic heterocycles. The Morgan fingerprint density at radius 2 is 1.05 bits per heavy atom. The number of fused-ring (bicyclic) bond motifs is 3. The summed E-state index contributed by atoms with van der Waals surface area (Å²) in [6.45, 7) is 4.40. The number of hydrogen-bond donors (Lipinski definition) is 0. The second-order valence-corrected chi connectivity index (χ2v) is 11.5. The van der Waals surface area contributed by atoms with Crippen LogP contribution in [-0.4, -0.2) is 0 Å². The van der Waals surface area contributed by atoms with Crippen molar-refractivity contribution in [2.24, 2.45) is 0 Å². The van der Waals surface area contributed by atoms with E-state index in [1.165, 1.54) is 66.8 Å². The Labute approximate surface area is 244 Å². The summed E-state index contributed by atoms with van der Waals surface area (Å²) in [4.78, 5) is 0. The van der Waals surface area contributed by atoms with E-state index in [-0.39, 0.29) is 5.41 Å². The SMILES string of the molecule is Cc1cc(C)cc(Cc2cccc3c2-c2cc(Cc4ccccc4)ccc2C3(c2ccccc2)c2ccccc2)c1. The normalized spacial score (nSPS) is 13.0. The van der Waals surface area contributed by atoms with Gasteiger partial charge in [0.05, 0.1) is 5.41 Å². The average molecular weight is 527 g/mol. The quantitative estimate of drug-likeness (QED) is 0.202. The van der Waals surface area contributed by atoms with Crippen LogP contribution in [0.2, 0.25) is 0 Å². The van der Waals surface area contributed by atoms with Crippen LogP contribution in [0.3, 0.4) is 0 Å². The van der Waals surface area contributed by atoms with Gasteiger partial charge in [-0.2, -0.15) is 0 Å². The maximum absolute atomic E-state index is 2.47. The molecule has 6 aromatic rings. The molecule has 0 bridgehead atoms. The lowest BCUT2D eigenvalue weighted by atomic mass is 9.67. The molecule has 1 aliphatic rings. The summed E-state index contributed by atoms with van der Waals surface area (Å²) in [6, 6.07) is 54.2. The van der Waals surface area contributed by atoms with Crippen LogP contribution in [0, 0.1) is 13.8 Å². The highest BCUT2D eigenvalue weighted by molar-refractivity contribution is 5.88. The Bertz CT molecular complexity index is 1770. The van der Waals surface area contributed by atoms with Crippen LogP contribution in [0.5, 0.6) is 0 Å². The standard InChI is InChI=1S/C41H34/c1-29-23-30(2)25-33(24-29)27-34-15-12-20-39-40(34)37-28-32(26-31-13-6-3-7-14-31)21-22-38(37)41(39,35-16-8-4-9-17-35)36-18-10-5-11-19-36/h3-25,28H,26-27H2,1-2H3. The monoisotopic (exact) mass is 526 g/mol. The molecule has 0 unspecified atom stereocenters. The van der Waals surface area contributed by atoms with Crippen LogP contribution in [0.1, 0.15) is 55.6 Å². The molecule has 198 valence electrons. The molecule has 0 spiro atoms. The van der Waals surface area contributed by atoms with Gasteiger partial charge in [-0.05, 0) is 82.3 Å². The minimum atomic E-state index is -0.378. The van der Waals surface area contributed by atoms with E-state index in [0.29, 0.717) is 0 Å². The third-order valence-electron chi connectivity index (χ3n) is 8.65. The van der Waals surface area contributed by atoms with Gasteiger partial charge in [0, 0.05) is 0 Å². The first-order chi connectivity index (χ1) is 20.1. The fourth-order valence-electron chi connectivity index (χ4n) is 7.15. The first-order valence-electron chi connectivity index (χ1n) is 14.6. The molecule has 41 heavy (non-hydrogen) atoms. The minimum absolute atomic E-state index is 0.378. The van der Waals surface area contributed by atoms with Gasteiger partial charge in [0.1, 0.15) is 0 Å². The van der Waals surface area contributed by atoms with Crippen LogP contribution in [0.25, 0.3) is 11.1 Å². The Balaban J connectivity index is 1.51. The molecule has 0 atom stereocenters. The predicted octanol–water partition coefficient (Wildman–Crippen LogP) is 9.85. The zero-order valence-corrected chi connectivity index (χ0v) is 23.8. The van der Waals surface area contributed by atoms with Crippen molar-refractivity contribution < 1.29 is 0 Å². The third-order valence-corrected chi connectivity index (χ3v) is 8.65. The maximum atomic E-state index is 2.47. The second-order valence-electron chi connectivity index (χ2n) is 11.5. The highest BCUT2D eigenvalue weighted by Gasteiger charge is 2.46. The number of hydrogen-bond acceptors (Lipinski definition) is 0. The minimum Gasteiger partial charge on any atom is -0.0622 e. The Morgan fingerprint density at radius 1 is 0.439 bits per heavy atom. The summed E-state index contributed by atoms with van der Waals surface area (Å²) >= 11 is 0. The van der Waals surface area contributed by atoms with Gasteiger partial charge in [-0.25, -0.2) is 0 Å². The summed E-state index contributed by atoms with van der Waals surface area (Å²) in [6.07, 6.45) is 1.83. The fraction of sp³-hybridized carbons (Fsp3) is 0.122. The van der Waals surface area contributed by atoms with E-state index in [2.05, 4.69) is 159 Å². The van der Waals surface area contributed by atoms with Crippen molar-refractivity contribution >= 4 is 0 Å². The molecular weight excluding hydrogens is 492 g/mol. The van der Waals surface area contributed by atoms with Crippen LogP contribution in [0.4, 0.5) is 0 Å². The summed E-state index contributed by atoms with van der Waals surface area (Å²) in [7, 11) is 0. The van der Waals surface area contributed by atoms with Gasteiger partial charge in [0.2, 0.25) is 0 Å². The molecule has 1 aliphatic carbocycles. The Morgan fingerprint density at radius 3 is 1.68 bits per heavy atom. The number of benzene rings is 6. The first-order valence-corrected chi connectivity index (χ1v) is 14.6. The van der Waals surface area contributed by atoms with E-state index in [0.717, 1.165) is 12.8 Å². The molecule has 0 amide bonds. The van der Waals surface area contributed by atoms with E-state index in [4.69, 9.17) is 0 Å². The Kier molecular flexibility index (Phi) is 6.40. The molecule has 0 nitrogen and oxygen atoms in total. The zero-order valence-electron chi connectivity index (χ0n) is 23.8. The van der Waals surface area contributed by atoms with Crippen molar-refractivity contribution in [3.63, 3.8) is 0 Å². The third kappa shape index (κ3) is 4.41. The van der Waals surface area contributed by atoms with Crippen LogP contribution in [-0.2, 0) is 18.3 Å². The van der Waals surface area contributed by atoms with Crippen LogP contribution >= 0.6 is 0 Å². The number of rotatable bonds is 6. The molecule has 0 heterocycles. The van der Waals surface area contributed by atoms with Gasteiger partial charge in [0.15, 0.2) is 0 Å². The Hall–Kier alpha value is -4.68. The molecule has 0 fully saturated rings. The molecule has 0 heteroatoms.